The van der Waals surface area contributed by atoms with Crippen LogP contribution >= 0.6 is 12.4 Å². The quantitative estimate of drug-likeness (QED) is 0.488. The third-order valence-corrected chi connectivity index (χ3v) is 8.08. The van der Waals surface area contributed by atoms with Crippen LogP contribution in [0.3, 0.4) is 0 Å². The Morgan fingerprint density at radius 3 is 2.17 bits per heavy atom. The molecule has 1 aromatic heterocycles. The number of piperazine rings is 1. The molecule has 0 radical (unpaired) electrons. The molecule has 0 amide bonds. The summed E-state index contributed by atoms with van der Waals surface area (Å²) < 4.78 is 10.9. The summed E-state index contributed by atoms with van der Waals surface area (Å²) in [6, 6.07) is 9.42. The fraction of sp³-hybridized carbons (Fsp3) is 0.655. The molecule has 0 atom stereocenters. The molecule has 1 aliphatic carbocycles. The van der Waals surface area contributed by atoms with Crippen LogP contribution in [-0.4, -0.2) is 57.4 Å². The number of nitrogens with zero attached hydrogens (tertiary/aromatic N) is 3. The summed E-state index contributed by atoms with van der Waals surface area (Å²) in [4.78, 5) is 7.72. The summed E-state index contributed by atoms with van der Waals surface area (Å²) in [5, 5.41) is 0. The van der Waals surface area contributed by atoms with Gasteiger partial charge in [0.25, 0.3) is 0 Å². The number of anilines is 2. The van der Waals surface area contributed by atoms with Gasteiger partial charge in [0.15, 0.2) is 0 Å². The van der Waals surface area contributed by atoms with E-state index in [1.165, 1.54) is 36.2 Å². The summed E-state index contributed by atoms with van der Waals surface area (Å²) in [5.41, 5.74) is 6.45. The Labute approximate surface area is 218 Å². The van der Waals surface area contributed by atoms with Gasteiger partial charge in [0.05, 0.1) is 25.7 Å². The van der Waals surface area contributed by atoms with Crippen molar-refractivity contribution in [2.75, 3.05) is 62.3 Å². The van der Waals surface area contributed by atoms with E-state index in [1.54, 1.807) is 11.8 Å². The highest BCUT2D eigenvalue weighted by molar-refractivity contribution is 5.85. The molecule has 3 aliphatic rings. The van der Waals surface area contributed by atoms with E-state index < -0.39 is 0 Å². The van der Waals surface area contributed by atoms with E-state index in [4.69, 9.17) is 9.15 Å². The molecule has 5 rings (SSSR count). The highest BCUT2D eigenvalue weighted by atomic mass is 35.5. The Kier molecular flexibility index (Phi) is 8.09. The SMILES string of the molecule is CC1(C)CC(c2cc(N3CCOCC3)ccc2N2CCN(Cc3ccoc3)CC2)CC(C)(C)C1.Cl. The maximum atomic E-state index is 5.63. The number of halogens is 1. The summed E-state index contributed by atoms with van der Waals surface area (Å²) in [6.07, 6.45) is 7.51. The zero-order chi connectivity index (χ0) is 23.8. The van der Waals surface area contributed by atoms with Crippen molar-refractivity contribution < 1.29 is 9.15 Å². The van der Waals surface area contributed by atoms with Crippen LogP contribution in [0.2, 0.25) is 0 Å². The molecule has 0 spiro atoms. The second-order valence-electron chi connectivity index (χ2n) is 12.3. The summed E-state index contributed by atoms with van der Waals surface area (Å²) in [5.74, 6) is 0.610. The standard InChI is InChI=1S/C29H43N3O2.ClH/c1-28(2)18-24(19-29(3,4)22-28)26-17-25(31-12-15-33-16-13-31)5-6-27(26)32-10-8-30(9-11-32)20-23-7-14-34-21-23;/h5-7,14,17,21,24H,8-13,15-16,18-20,22H2,1-4H3;1H. The van der Waals surface area contributed by atoms with E-state index in [-0.39, 0.29) is 12.4 Å². The molecule has 194 valence electrons. The predicted octanol–water partition coefficient (Wildman–Crippen LogP) is 6.18. The first kappa shape index (κ1) is 26.4. The second kappa shape index (κ2) is 10.7. The van der Waals surface area contributed by atoms with Gasteiger partial charge in [0.2, 0.25) is 0 Å². The Bertz CT molecular complexity index is 929. The van der Waals surface area contributed by atoms with Crippen molar-refractivity contribution in [1.29, 1.82) is 0 Å². The maximum Gasteiger partial charge on any atom is 0.0947 e. The molecule has 6 heteroatoms. The van der Waals surface area contributed by atoms with Gasteiger partial charge in [-0.05, 0) is 65.8 Å². The smallest absolute Gasteiger partial charge is 0.0947 e. The Morgan fingerprint density at radius 1 is 0.857 bits per heavy atom. The summed E-state index contributed by atoms with van der Waals surface area (Å²) in [7, 11) is 0. The van der Waals surface area contributed by atoms with E-state index in [9.17, 15) is 0 Å². The van der Waals surface area contributed by atoms with Crippen molar-refractivity contribution in [2.45, 2.75) is 59.4 Å². The van der Waals surface area contributed by atoms with Gasteiger partial charge >= 0.3 is 0 Å². The lowest BCUT2D eigenvalue weighted by atomic mass is 9.60. The molecule has 1 saturated carbocycles. The lowest BCUT2D eigenvalue weighted by Gasteiger charge is -2.46. The third-order valence-electron chi connectivity index (χ3n) is 8.08. The van der Waals surface area contributed by atoms with Crippen LogP contribution in [0, 0.1) is 10.8 Å². The number of morpholine rings is 1. The number of ether oxygens (including phenoxy) is 1. The van der Waals surface area contributed by atoms with Crippen LogP contribution in [0.25, 0.3) is 0 Å². The fourth-order valence-electron chi connectivity index (χ4n) is 7.03. The Morgan fingerprint density at radius 2 is 1.54 bits per heavy atom. The molecule has 0 unspecified atom stereocenters. The van der Waals surface area contributed by atoms with E-state index in [0.29, 0.717) is 16.7 Å². The van der Waals surface area contributed by atoms with Gasteiger partial charge in [-0.15, -0.1) is 12.4 Å². The molecule has 0 N–H and O–H groups in total. The van der Waals surface area contributed by atoms with Crippen LogP contribution in [0.4, 0.5) is 11.4 Å². The molecule has 0 bridgehead atoms. The fourth-order valence-corrected chi connectivity index (χ4v) is 7.03. The first-order chi connectivity index (χ1) is 16.3. The molecule has 1 aromatic carbocycles. The van der Waals surface area contributed by atoms with Gasteiger partial charge in [-0.1, -0.05) is 27.7 Å². The van der Waals surface area contributed by atoms with Crippen LogP contribution < -0.4 is 9.80 Å². The van der Waals surface area contributed by atoms with E-state index in [1.807, 2.05) is 6.26 Å². The van der Waals surface area contributed by atoms with E-state index >= 15 is 0 Å². The summed E-state index contributed by atoms with van der Waals surface area (Å²) in [6.45, 7) is 18.9. The van der Waals surface area contributed by atoms with Crippen LogP contribution in [0.15, 0.2) is 41.2 Å². The van der Waals surface area contributed by atoms with Gasteiger partial charge in [0, 0.05) is 62.8 Å². The minimum atomic E-state index is 0. The van der Waals surface area contributed by atoms with Crippen molar-refractivity contribution in [3.8, 4) is 0 Å². The van der Waals surface area contributed by atoms with E-state index in [2.05, 4.69) is 66.7 Å². The lowest BCUT2D eigenvalue weighted by Crippen LogP contribution is -2.46. The second-order valence-corrected chi connectivity index (χ2v) is 12.3. The van der Waals surface area contributed by atoms with Crippen LogP contribution in [0.1, 0.15) is 64.0 Å². The van der Waals surface area contributed by atoms with Crippen LogP contribution in [0.5, 0.6) is 0 Å². The average Bonchev–Trinajstić information content (AvgIpc) is 3.31. The predicted molar refractivity (Wildman–Crippen MR) is 147 cm³/mol. The molecular weight excluding hydrogens is 458 g/mol. The first-order valence-corrected chi connectivity index (χ1v) is 13.2. The molecule has 3 fully saturated rings. The van der Waals surface area contributed by atoms with E-state index in [0.717, 1.165) is 59.0 Å². The highest BCUT2D eigenvalue weighted by Gasteiger charge is 2.40. The maximum absolute atomic E-state index is 5.63. The molecule has 35 heavy (non-hydrogen) atoms. The number of rotatable bonds is 5. The first-order valence-electron chi connectivity index (χ1n) is 13.2. The molecular formula is C29H44ClN3O2. The normalized spacial score (nSPS) is 23.2. The van der Waals surface area contributed by atoms with Gasteiger partial charge in [-0.3, -0.25) is 4.90 Å². The minimum absolute atomic E-state index is 0. The Hall–Kier alpha value is -1.69. The monoisotopic (exact) mass is 501 g/mol. The average molecular weight is 502 g/mol. The molecule has 2 aromatic rings. The lowest BCUT2D eigenvalue weighted by molar-refractivity contribution is 0.0969. The number of benzene rings is 1. The molecule has 2 aliphatic heterocycles. The highest BCUT2D eigenvalue weighted by Crippen LogP contribution is 2.53. The third kappa shape index (κ3) is 6.36. The van der Waals surface area contributed by atoms with Crippen molar-refractivity contribution in [1.82, 2.24) is 4.90 Å². The zero-order valence-electron chi connectivity index (χ0n) is 22.1. The van der Waals surface area contributed by atoms with Gasteiger partial charge in [-0.2, -0.15) is 0 Å². The molecule has 5 nitrogen and oxygen atoms in total. The molecule has 3 heterocycles. The largest absolute Gasteiger partial charge is 0.472 e. The molecule has 2 saturated heterocycles. The van der Waals surface area contributed by atoms with Crippen molar-refractivity contribution in [3.05, 3.63) is 47.9 Å². The minimum Gasteiger partial charge on any atom is -0.472 e. The number of hydrogen-bond acceptors (Lipinski definition) is 5. The Balaban J connectivity index is 0.00000289. The topological polar surface area (TPSA) is 32.1 Å². The summed E-state index contributed by atoms with van der Waals surface area (Å²) >= 11 is 0. The van der Waals surface area contributed by atoms with Gasteiger partial charge in [0.1, 0.15) is 0 Å². The van der Waals surface area contributed by atoms with Gasteiger partial charge in [-0.25, -0.2) is 0 Å². The van der Waals surface area contributed by atoms with Crippen LogP contribution in [-0.2, 0) is 11.3 Å². The van der Waals surface area contributed by atoms with Gasteiger partial charge < -0.3 is 19.0 Å². The van der Waals surface area contributed by atoms with Crippen molar-refractivity contribution in [2.24, 2.45) is 10.8 Å². The number of hydrogen-bond donors (Lipinski definition) is 0. The van der Waals surface area contributed by atoms with Crippen molar-refractivity contribution >= 4 is 23.8 Å². The van der Waals surface area contributed by atoms with Crippen molar-refractivity contribution in [3.63, 3.8) is 0 Å². The zero-order valence-corrected chi connectivity index (χ0v) is 22.9. The number of furan rings is 1.